The van der Waals surface area contributed by atoms with E-state index in [1.165, 1.54) is 10.6 Å². The van der Waals surface area contributed by atoms with E-state index in [1.54, 1.807) is 11.1 Å². The van der Waals surface area contributed by atoms with Gasteiger partial charge in [0.1, 0.15) is 22.6 Å². The molecule has 4 aromatic rings. The Bertz CT molecular complexity index is 1750. The lowest BCUT2D eigenvalue weighted by Gasteiger charge is -2.28. The number of hydrogen-bond acceptors (Lipinski definition) is 5. The van der Waals surface area contributed by atoms with Gasteiger partial charge in [-0.25, -0.2) is 13.7 Å². The van der Waals surface area contributed by atoms with Crippen LogP contribution in [0.2, 0.25) is 0 Å². The minimum atomic E-state index is -0.604. The van der Waals surface area contributed by atoms with Crippen LogP contribution in [0.15, 0.2) is 36.5 Å². The summed E-state index contributed by atoms with van der Waals surface area (Å²) in [5, 5.41) is 12.5. The van der Waals surface area contributed by atoms with Gasteiger partial charge in [0.15, 0.2) is 0 Å². The monoisotopic (exact) mass is 572 g/mol. The molecule has 7 rings (SSSR count). The predicted molar refractivity (Wildman–Crippen MR) is 159 cm³/mol. The SMILES string of the molecule is CCC1CNc2cccc3cc(-c4nn5cc(C(=O)N6C[C@H]7CC[C@@H]6[C@@H]7NC(=O)OC(C)(C)C)cc(F)c5c4C)n1c23. The van der Waals surface area contributed by atoms with E-state index in [1.807, 2.05) is 33.8 Å². The molecule has 2 aliphatic heterocycles. The van der Waals surface area contributed by atoms with E-state index >= 15 is 4.39 Å². The summed E-state index contributed by atoms with van der Waals surface area (Å²) in [4.78, 5) is 28.0. The van der Waals surface area contributed by atoms with Crippen molar-refractivity contribution in [2.45, 2.75) is 77.6 Å². The van der Waals surface area contributed by atoms with E-state index < -0.39 is 17.5 Å². The maximum Gasteiger partial charge on any atom is 0.407 e. The highest BCUT2D eigenvalue weighted by atomic mass is 19.1. The predicted octanol–water partition coefficient (Wildman–Crippen LogP) is 5.91. The van der Waals surface area contributed by atoms with E-state index in [9.17, 15) is 9.59 Å². The molecule has 10 heteroatoms. The number of piperidine rings is 1. The number of hydrogen-bond donors (Lipinski definition) is 2. The van der Waals surface area contributed by atoms with E-state index in [0.29, 0.717) is 17.8 Å². The number of pyridine rings is 1. The number of benzene rings is 1. The molecular formula is C32H37FN6O3. The summed E-state index contributed by atoms with van der Waals surface area (Å²) < 4.78 is 25.1. The maximum absolute atomic E-state index is 15.8. The van der Waals surface area contributed by atoms with Gasteiger partial charge in [-0.15, -0.1) is 0 Å². The molecule has 4 atom stereocenters. The van der Waals surface area contributed by atoms with Crippen LogP contribution in [0.1, 0.15) is 68.9 Å². The van der Waals surface area contributed by atoms with Crippen LogP contribution < -0.4 is 10.6 Å². The first-order valence-electron chi connectivity index (χ1n) is 14.9. The molecule has 2 fully saturated rings. The number of aryl methyl sites for hydroxylation is 1. The second kappa shape index (κ2) is 9.47. The molecule has 1 saturated heterocycles. The lowest BCUT2D eigenvalue weighted by atomic mass is 10.1. The van der Waals surface area contributed by atoms with Crippen LogP contribution in [-0.2, 0) is 4.74 Å². The Hall–Kier alpha value is -4.08. The Morgan fingerprint density at radius 1 is 1.19 bits per heavy atom. The van der Waals surface area contributed by atoms with Gasteiger partial charge in [0.2, 0.25) is 0 Å². The van der Waals surface area contributed by atoms with Gasteiger partial charge in [-0.2, -0.15) is 5.10 Å². The molecule has 1 aromatic carbocycles. The van der Waals surface area contributed by atoms with Crippen molar-refractivity contribution in [3.05, 3.63) is 53.5 Å². The number of nitrogens with zero attached hydrogens (tertiary/aromatic N) is 4. The Labute approximate surface area is 244 Å². The Kier molecular flexibility index (Phi) is 6.04. The molecule has 3 aliphatic rings. The number of anilines is 1. The molecule has 1 saturated carbocycles. The number of alkyl carbamates (subject to hydrolysis) is 1. The zero-order valence-electron chi connectivity index (χ0n) is 24.7. The summed E-state index contributed by atoms with van der Waals surface area (Å²) >= 11 is 0. The topological polar surface area (TPSA) is 92.9 Å². The molecule has 0 spiro atoms. The third kappa shape index (κ3) is 4.14. The molecule has 3 aromatic heterocycles. The molecule has 0 radical (unpaired) electrons. The molecule has 1 aliphatic carbocycles. The number of aromatic nitrogens is 3. The van der Waals surface area contributed by atoms with E-state index in [0.717, 1.165) is 53.7 Å². The van der Waals surface area contributed by atoms with Gasteiger partial charge in [-0.05, 0) is 71.1 Å². The highest BCUT2D eigenvalue weighted by molar-refractivity contribution is 5.98. The summed E-state index contributed by atoms with van der Waals surface area (Å²) in [5.41, 5.74) is 4.64. The third-order valence-corrected chi connectivity index (χ3v) is 9.16. The number of fused-ring (bicyclic) bond motifs is 3. The maximum atomic E-state index is 15.8. The summed E-state index contributed by atoms with van der Waals surface area (Å²) in [6.45, 7) is 10.9. The van der Waals surface area contributed by atoms with Crippen molar-refractivity contribution < 1.29 is 18.7 Å². The van der Waals surface area contributed by atoms with Crippen LogP contribution in [-0.4, -0.2) is 61.9 Å². The van der Waals surface area contributed by atoms with E-state index in [2.05, 4.69) is 40.3 Å². The van der Waals surface area contributed by atoms with Gasteiger partial charge in [0.05, 0.1) is 40.6 Å². The zero-order chi connectivity index (χ0) is 29.5. The molecular weight excluding hydrogens is 535 g/mol. The normalized spacial score (nSPS) is 23.0. The van der Waals surface area contributed by atoms with E-state index in [-0.39, 0.29) is 35.5 Å². The minimum Gasteiger partial charge on any atom is -0.444 e. The van der Waals surface area contributed by atoms with Crippen molar-refractivity contribution in [2.24, 2.45) is 5.92 Å². The second-order valence-electron chi connectivity index (χ2n) is 13.0. The average molecular weight is 573 g/mol. The molecule has 1 unspecified atom stereocenters. The largest absolute Gasteiger partial charge is 0.444 e. The first kappa shape index (κ1) is 26.8. The van der Waals surface area contributed by atoms with Crippen molar-refractivity contribution in [2.75, 3.05) is 18.4 Å². The van der Waals surface area contributed by atoms with Crippen LogP contribution >= 0.6 is 0 Å². The van der Waals surface area contributed by atoms with E-state index in [4.69, 9.17) is 9.84 Å². The summed E-state index contributed by atoms with van der Waals surface area (Å²) in [5.74, 6) is -0.585. The average Bonchev–Trinajstić information content (AvgIpc) is 3.69. The van der Waals surface area contributed by atoms with Crippen molar-refractivity contribution in [3.8, 4) is 11.4 Å². The van der Waals surface area contributed by atoms with Crippen LogP contribution in [0.5, 0.6) is 0 Å². The Morgan fingerprint density at radius 2 is 2.00 bits per heavy atom. The molecule has 2 amide bonds. The van der Waals surface area contributed by atoms with Crippen LogP contribution in [0.25, 0.3) is 27.8 Å². The first-order valence-corrected chi connectivity index (χ1v) is 14.9. The third-order valence-electron chi connectivity index (χ3n) is 9.16. The van der Waals surface area contributed by atoms with Gasteiger partial charge in [-0.1, -0.05) is 19.1 Å². The van der Waals surface area contributed by atoms with Crippen molar-refractivity contribution in [1.82, 2.24) is 24.4 Å². The van der Waals surface area contributed by atoms with Crippen LogP contribution in [0, 0.1) is 18.7 Å². The fourth-order valence-electron chi connectivity index (χ4n) is 7.32. The lowest BCUT2D eigenvalue weighted by molar-refractivity contribution is 0.0485. The van der Waals surface area contributed by atoms with Gasteiger partial charge in [0, 0.05) is 30.2 Å². The number of carbonyl (C=O) groups is 2. The highest BCUT2D eigenvalue weighted by Gasteiger charge is 2.50. The number of amides is 2. The number of halogens is 1. The molecule has 42 heavy (non-hydrogen) atoms. The molecule has 2 N–H and O–H groups in total. The zero-order valence-corrected chi connectivity index (χ0v) is 24.7. The summed E-state index contributed by atoms with van der Waals surface area (Å²) in [6.07, 6.45) is 3.82. The van der Waals surface area contributed by atoms with Gasteiger partial charge in [0.25, 0.3) is 5.91 Å². The Balaban J connectivity index is 1.22. The highest BCUT2D eigenvalue weighted by Crippen LogP contribution is 2.41. The van der Waals surface area contributed by atoms with Crippen molar-refractivity contribution in [3.63, 3.8) is 0 Å². The van der Waals surface area contributed by atoms with Crippen LogP contribution in [0.3, 0.4) is 0 Å². The second-order valence-corrected chi connectivity index (χ2v) is 13.0. The van der Waals surface area contributed by atoms with Gasteiger partial charge in [-0.3, -0.25) is 4.79 Å². The fraction of sp³-hybridized carbons (Fsp3) is 0.469. The van der Waals surface area contributed by atoms with Gasteiger partial charge >= 0.3 is 6.09 Å². The number of ether oxygens (including phenoxy) is 1. The van der Waals surface area contributed by atoms with Crippen LogP contribution in [0.4, 0.5) is 14.9 Å². The molecule has 2 bridgehead atoms. The summed E-state index contributed by atoms with van der Waals surface area (Å²) in [6, 6.07) is 9.58. The number of carbonyl (C=O) groups excluding carboxylic acids is 2. The molecule has 5 heterocycles. The standard InChI is InChI=1S/C32H37FN6O3/c1-6-21-14-34-23-9-7-8-18-13-25(39(21)29(18)23)26-17(2)28-22(33)12-20(16-38(28)36-26)30(40)37-15-19-10-11-24(37)27(19)35-31(41)42-32(3,4)5/h7-9,12-13,16,19,21,24,27,34H,6,10-11,14-15H2,1-5H3,(H,35,41)/t19-,21?,24-,27-/m1/s1. The molecule has 9 nitrogen and oxygen atoms in total. The molecule has 220 valence electrons. The number of likely N-dealkylation sites (tertiary alicyclic amines) is 1. The van der Waals surface area contributed by atoms with Crippen molar-refractivity contribution in [1.29, 1.82) is 0 Å². The van der Waals surface area contributed by atoms with Gasteiger partial charge < -0.3 is 24.8 Å². The van der Waals surface area contributed by atoms with Crippen molar-refractivity contribution >= 4 is 34.1 Å². The summed E-state index contributed by atoms with van der Waals surface area (Å²) in [7, 11) is 0. The number of para-hydroxylation sites is 1. The fourth-order valence-corrected chi connectivity index (χ4v) is 7.32. The quantitative estimate of drug-likeness (QED) is 0.317. The lowest BCUT2D eigenvalue weighted by Crippen LogP contribution is -2.46. The number of rotatable bonds is 4. The minimum absolute atomic E-state index is 0.143. The first-order chi connectivity index (χ1) is 20.0. The smallest absolute Gasteiger partial charge is 0.407 e. The Morgan fingerprint density at radius 3 is 2.76 bits per heavy atom. The number of nitrogens with one attached hydrogen (secondary N) is 2.